The number of fused-ring (bicyclic) bond motifs is 3. The maximum Gasteiger partial charge on any atom is 0.269 e. The van der Waals surface area contributed by atoms with Crippen LogP contribution in [0.5, 0.6) is 0 Å². The molecule has 1 aromatic carbocycles. The quantitative estimate of drug-likeness (QED) is 0.652. The molecule has 0 aliphatic carbocycles. The zero-order valence-electron chi connectivity index (χ0n) is 14.2. The monoisotopic (exact) mass is 333 g/mol. The van der Waals surface area contributed by atoms with E-state index in [1.807, 2.05) is 0 Å². The van der Waals surface area contributed by atoms with Gasteiger partial charge in [-0.1, -0.05) is 13.8 Å². The predicted molar refractivity (Wildman–Crippen MR) is 89.8 cm³/mol. The Balaban J connectivity index is 1.92. The van der Waals surface area contributed by atoms with E-state index in [-0.39, 0.29) is 40.0 Å². The lowest BCUT2D eigenvalue weighted by molar-refractivity contribution is -0.385. The number of hydrogen-bond donors (Lipinski definition) is 2. The molecule has 1 fully saturated rings. The summed E-state index contributed by atoms with van der Waals surface area (Å²) in [4.78, 5) is 22.0. The van der Waals surface area contributed by atoms with Crippen LogP contribution in [0.25, 0.3) is 0 Å². The van der Waals surface area contributed by atoms with Crippen LogP contribution < -0.4 is 10.6 Å². The minimum absolute atomic E-state index is 0.0471. The molecular weight excluding hydrogens is 310 g/mol. The molecule has 2 N–H and O–H groups in total. The second-order valence-electron chi connectivity index (χ2n) is 7.29. The number of nitro groups is 1. The van der Waals surface area contributed by atoms with Gasteiger partial charge in [0.1, 0.15) is 0 Å². The second-order valence-corrected chi connectivity index (χ2v) is 7.29. The smallest absolute Gasteiger partial charge is 0.269 e. The molecule has 1 unspecified atom stereocenters. The van der Waals surface area contributed by atoms with E-state index in [0.717, 1.165) is 17.7 Å². The average molecular weight is 333 g/mol. The van der Waals surface area contributed by atoms with E-state index in [0.29, 0.717) is 13.2 Å². The predicted octanol–water partition coefficient (Wildman–Crippen LogP) is 2.63. The Labute approximate surface area is 140 Å². The molecule has 2 aliphatic rings. The molecule has 2 heterocycles. The number of anilines is 1. The van der Waals surface area contributed by atoms with Crippen molar-refractivity contribution >= 4 is 17.3 Å². The van der Waals surface area contributed by atoms with Crippen molar-refractivity contribution in [3.63, 3.8) is 0 Å². The minimum atomic E-state index is -0.378. The Morgan fingerprint density at radius 3 is 2.92 bits per heavy atom. The van der Waals surface area contributed by atoms with Crippen LogP contribution in [0.4, 0.5) is 11.4 Å². The first kappa shape index (κ1) is 16.7. The number of amides is 1. The van der Waals surface area contributed by atoms with Crippen molar-refractivity contribution in [3.05, 3.63) is 33.9 Å². The Morgan fingerprint density at radius 2 is 2.25 bits per heavy atom. The molecule has 2 aliphatic heterocycles. The highest BCUT2D eigenvalue weighted by Gasteiger charge is 2.47. The van der Waals surface area contributed by atoms with Gasteiger partial charge in [-0.05, 0) is 12.5 Å². The Hall–Kier alpha value is -2.15. The van der Waals surface area contributed by atoms with Gasteiger partial charge in [0.2, 0.25) is 5.91 Å². The lowest BCUT2D eigenvalue weighted by Crippen LogP contribution is -2.50. The molecule has 24 heavy (non-hydrogen) atoms. The summed E-state index contributed by atoms with van der Waals surface area (Å²) in [5.41, 5.74) is 1.64. The van der Waals surface area contributed by atoms with Crippen molar-refractivity contribution in [1.82, 2.24) is 5.32 Å². The topological polar surface area (TPSA) is 93.5 Å². The normalized spacial score (nSPS) is 25.4. The van der Waals surface area contributed by atoms with Crippen molar-refractivity contribution in [2.45, 2.75) is 39.3 Å². The first-order valence-electron chi connectivity index (χ1n) is 8.20. The van der Waals surface area contributed by atoms with Gasteiger partial charge in [0, 0.05) is 60.8 Å². The molecule has 3 rings (SSSR count). The summed E-state index contributed by atoms with van der Waals surface area (Å²) >= 11 is 0. The standard InChI is InChI=1S/C17H23N3O4/c1-10(21)18-9-17(2,3)16-12-6-7-24-15(12)13-8-11(20(22)23)4-5-14(13)19-16/h4-5,8,12,15-16,19H,6-7,9H2,1-3H3,(H,18,21)/t12-,15?,16+/m1/s1. The van der Waals surface area contributed by atoms with Crippen LogP contribution in [0.3, 0.4) is 0 Å². The van der Waals surface area contributed by atoms with Crippen molar-refractivity contribution in [2.75, 3.05) is 18.5 Å². The van der Waals surface area contributed by atoms with E-state index in [1.165, 1.54) is 13.0 Å². The van der Waals surface area contributed by atoms with Gasteiger partial charge in [0.15, 0.2) is 0 Å². The molecule has 0 bridgehead atoms. The van der Waals surface area contributed by atoms with Crippen LogP contribution in [0, 0.1) is 21.4 Å². The SMILES string of the molecule is CC(=O)NCC(C)(C)[C@H]1Nc2ccc([N+](=O)[O-])cc2C2OCC[C@H]21. The third kappa shape index (κ3) is 2.96. The number of nitro benzene ring substituents is 1. The van der Waals surface area contributed by atoms with Crippen molar-refractivity contribution < 1.29 is 14.5 Å². The average Bonchev–Trinajstić information content (AvgIpc) is 3.01. The molecule has 0 saturated carbocycles. The van der Waals surface area contributed by atoms with E-state index in [1.54, 1.807) is 12.1 Å². The van der Waals surface area contributed by atoms with Crippen LogP contribution in [-0.4, -0.2) is 30.0 Å². The summed E-state index contributed by atoms with van der Waals surface area (Å²) in [5.74, 6) is 0.178. The van der Waals surface area contributed by atoms with Crippen LogP contribution in [0.15, 0.2) is 18.2 Å². The summed E-state index contributed by atoms with van der Waals surface area (Å²) in [6, 6.07) is 5.00. The summed E-state index contributed by atoms with van der Waals surface area (Å²) in [6.07, 6.45) is 0.760. The van der Waals surface area contributed by atoms with E-state index in [4.69, 9.17) is 4.74 Å². The molecule has 7 heteroatoms. The molecule has 1 aromatic rings. The maximum absolute atomic E-state index is 11.3. The molecular formula is C17H23N3O4. The van der Waals surface area contributed by atoms with E-state index in [2.05, 4.69) is 24.5 Å². The van der Waals surface area contributed by atoms with Gasteiger partial charge in [0.05, 0.1) is 11.0 Å². The van der Waals surface area contributed by atoms with Crippen molar-refractivity contribution in [3.8, 4) is 0 Å². The number of carbonyl (C=O) groups excluding carboxylic acids is 1. The molecule has 1 amide bonds. The molecule has 0 aromatic heterocycles. The third-order valence-corrected chi connectivity index (χ3v) is 5.06. The van der Waals surface area contributed by atoms with Crippen LogP contribution in [0.1, 0.15) is 38.9 Å². The largest absolute Gasteiger partial charge is 0.381 e. The molecule has 0 radical (unpaired) electrons. The molecule has 3 atom stereocenters. The lowest BCUT2D eigenvalue weighted by atomic mass is 9.71. The fourth-order valence-electron chi connectivity index (χ4n) is 3.81. The van der Waals surface area contributed by atoms with E-state index in [9.17, 15) is 14.9 Å². The summed E-state index contributed by atoms with van der Waals surface area (Å²) in [5, 5.41) is 17.5. The first-order valence-corrected chi connectivity index (χ1v) is 8.20. The highest BCUT2D eigenvalue weighted by atomic mass is 16.6. The summed E-state index contributed by atoms with van der Waals surface area (Å²) in [6.45, 7) is 6.95. The molecule has 1 saturated heterocycles. The molecule has 7 nitrogen and oxygen atoms in total. The minimum Gasteiger partial charge on any atom is -0.381 e. The van der Waals surface area contributed by atoms with Gasteiger partial charge < -0.3 is 15.4 Å². The Kier molecular flexibility index (Phi) is 4.21. The van der Waals surface area contributed by atoms with Crippen LogP contribution in [-0.2, 0) is 9.53 Å². The molecule has 0 spiro atoms. The number of benzene rings is 1. The highest BCUT2D eigenvalue weighted by Crippen LogP contribution is 2.49. The van der Waals surface area contributed by atoms with Gasteiger partial charge in [-0.2, -0.15) is 0 Å². The highest BCUT2D eigenvalue weighted by molar-refractivity contribution is 5.72. The number of carbonyl (C=O) groups is 1. The van der Waals surface area contributed by atoms with Crippen molar-refractivity contribution in [2.24, 2.45) is 11.3 Å². The number of ether oxygens (including phenoxy) is 1. The fraction of sp³-hybridized carbons (Fsp3) is 0.588. The summed E-state index contributed by atoms with van der Waals surface area (Å²) < 4.78 is 5.92. The number of hydrogen-bond acceptors (Lipinski definition) is 5. The fourth-order valence-corrected chi connectivity index (χ4v) is 3.81. The first-order chi connectivity index (χ1) is 11.3. The van der Waals surface area contributed by atoms with Crippen LogP contribution in [0.2, 0.25) is 0 Å². The number of nitrogens with zero attached hydrogens (tertiary/aromatic N) is 1. The van der Waals surface area contributed by atoms with Gasteiger partial charge in [0.25, 0.3) is 5.69 Å². The number of rotatable bonds is 4. The lowest BCUT2D eigenvalue weighted by Gasteiger charge is -2.44. The Bertz CT molecular complexity index is 674. The number of nitrogens with one attached hydrogen (secondary N) is 2. The van der Waals surface area contributed by atoms with Gasteiger partial charge in [-0.25, -0.2) is 0 Å². The zero-order valence-corrected chi connectivity index (χ0v) is 14.2. The third-order valence-electron chi connectivity index (χ3n) is 5.06. The van der Waals surface area contributed by atoms with Gasteiger partial charge >= 0.3 is 0 Å². The Morgan fingerprint density at radius 1 is 1.50 bits per heavy atom. The zero-order chi connectivity index (χ0) is 17.5. The van der Waals surface area contributed by atoms with E-state index >= 15 is 0 Å². The van der Waals surface area contributed by atoms with Crippen LogP contribution >= 0.6 is 0 Å². The van der Waals surface area contributed by atoms with E-state index < -0.39 is 0 Å². The van der Waals surface area contributed by atoms with Gasteiger partial charge in [-0.3, -0.25) is 14.9 Å². The maximum atomic E-state index is 11.3. The summed E-state index contributed by atoms with van der Waals surface area (Å²) in [7, 11) is 0. The van der Waals surface area contributed by atoms with Gasteiger partial charge in [-0.15, -0.1) is 0 Å². The number of non-ortho nitro benzene ring substituents is 1. The molecule has 130 valence electrons. The van der Waals surface area contributed by atoms with Crippen molar-refractivity contribution in [1.29, 1.82) is 0 Å². The second kappa shape index (κ2) is 6.05.